The molecule has 2 amide bonds. The van der Waals surface area contributed by atoms with Crippen molar-refractivity contribution in [3.05, 3.63) is 0 Å². The van der Waals surface area contributed by atoms with Crippen LogP contribution in [0.2, 0.25) is 0 Å². The van der Waals surface area contributed by atoms with Gasteiger partial charge in [-0.25, -0.2) is 0 Å². The van der Waals surface area contributed by atoms with Crippen LogP contribution in [0, 0.1) is 11.8 Å². The summed E-state index contributed by atoms with van der Waals surface area (Å²) in [5.74, 6) is 1.28. The van der Waals surface area contributed by atoms with Crippen LogP contribution in [0.3, 0.4) is 0 Å². The Morgan fingerprint density at radius 2 is 1.78 bits per heavy atom. The standard InChI is InChI=1S/C14H24N2O2/c1-8-5-6-12(9(2)7-8)16-11(4)13(17)15-10(3)14(16)18/h8-12H,5-7H2,1-4H3,(H,15,17). The summed E-state index contributed by atoms with van der Waals surface area (Å²) in [5, 5.41) is 2.74. The van der Waals surface area contributed by atoms with Gasteiger partial charge in [0.1, 0.15) is 12.1 Å². The molecular weight excluding hydrogens is 228 g/mol. The topological polar surface area (TPSA) is 49.4 Å². The summed E-state index contributed by atoms with van der Waals surface area (Å²) in [7, 11) is 0. The molecule has 4 heteroatoms. The normalized spacial score (nSPS) is 41.8. The van der Waals surface area contributed by atoms with Gasteiger partial charge in [-0.1, -0.05) is 13.8 Å². The van der Waals surface area contributed by atoms with Crippen molar-refractivity contribution in [2.75, 3.05) is 0 Å². The number of nitrogens with one attached hydrogen (secondary N) is 1. The van der Waals surface area contributed by atoms with Crippen LogP contribution in [0.4, 0.5) is 0 Å². The van der Waals surface area contributed by atoms with Crippen molar-refractivity contribution in [2.45, 2.75) is 65.1 Å². The zero-order valence-electron chi connectivity index (χ0n) is 11.8. The van der Waals surface area contributed by atoms with Gasteiger partial charge in [-0.05, 0) is 44.9 Å². The maximum atomic E-state index is 12.3. The molecule has 18 heavy (non-hydrogen) atoms. The molecule has 0 spiro atoms. The molecule has 102 valence electrons. The fourth-order valence-electron chi connectivity index (χ4n) is 3.45. The number of hydrogen-bond acceptors (Lipinski definition) is 2. The van der Waals surface area contributed by atoms with Crippen LogP contribution in [0.15, 0.2) is 0 Å². The molecule has 2 aliphatic rings. The second-order valence-corrected chi connectivity index (χ2v) is 6.11. The zero-order chi connectivity index (χ0) is 13.4. The first-order valence-electron chi connectivity index (χ1n) is 7.04. The highest BCUT2D eigenvalue weighted by atomic mass is 16.2. The van der Waals surface area contributed by atoms with E-state index in [0.29, 0.717) is 5.92 Å². The minimum absolute atomic E-state index is 0.0204. The minimum atomic E-state index is -0.375. The first-order valence-corrected chi connectivity index (χ1v) is 7.04. The molecule has 5 atom stereocenters. The Labute approximate surface area is 109 Å². The Kier molecular flexibility index (Phi) is 3.64. The van der Waals surface area contributed by atoms with Gasteiger partial charge in [0.15, 0.2) is 0 Å². The van der Waals surface area contributed by atoms with Crippen LogP contribution < -0.4 is 5.32 Å². The van der Waals surface area contributed by atoms with Crippen LogP contribution >= 0.6 is 0 Å². The Hall–Kier alpha value is -1.06. The molecule has 1 aliphatic carbocycles. The van der Waals surface area contributed by atoms with E-state index in [2.05, 4.69) is 19.2 Å². The first-order chi connectivity index (χ1) is 8.41. The van der Waals surface area contributed by atoms with Gasteiger partial charge in [0, 0.05) is 6.04 Å². The molecule has 1 saturated carbocycles. The predicted octanol–water partition coefficient (Wildman–Crippen LogP) is 1.55. The maximum absolute atomic E-state index is 12.3. The molecule has 0 radical (unpaired) electrons. The minimum Gasteiger partial charge on any atom is -0.343 e. The number of amides is 2. The predicted molar refractivity (Wildman–Crippen MR) is 69.9 cm³/mol. The molecule has 0 bridgehead atoms. The van der Waals surface area contributed by atoms with Gasteiger partial charge >= 0.3 is 0 Å². The van der Waals surface area contributed by atoms with Gasteiger partial charge in [0.2, 0.25) is 11.8 Å². The van der Waals surface area contributed by atoms with Crippen molar-refractivity contribution in [1.82, 2.24) is 10.2 Å². The lowest BCUT2D eigenvalue weighted by molar-refractivity contribution is -0.153. The van der Waals surface area contributed by atoms with E-state index in [-0.39, 0.29) is 29.9 Å². The number of carbonyl (C=O) groups is 2. The summed E-state index contributed by atoms with van der Waals surface area (Å²) in [5.41, 5.74) is 0. The van der Waals surface area contributed by atoms with E-state index in [9.17, 15) is 9.59 Å². The third kappa shape index (κ3) is 2.25. The molecular formula is C14H24N2O2. The Morgan fingerprint density at radius 3 is 2.39 bits per heavy atom. The summed E-state index contributed by atoms with van der Waals surface area (Å²) < 4.78 is 0. The largest absolute Gasteiger partial charge is 0.343 e. The molecule has 0 aromatic carbocycles. The lowest BCUT2D eigenvalue weighted by Crippen LogP contribution is -2.65. The molecule has 4 nitrogen and oxygen atoms in total. The van der Waals surface area contributed by atoms with Gasteiger partial charge < -0.3 is 10.2 Å². The SMILES string of the molecule is CC1CCC(N2C(=O)C(C)NC(=O)C2C)C(C)C1. The smallest absolute Gasteiger partial charge is 0.245 e. The Balaban J connectivity index is 2.19. The second kappa shape index (κ2) is 4.90. The van der Waals surface area contributed by atoms with E-state index >= 15 is 0 Å². The van der Waals surface area contributed by atoms with Crippen LogP contribution in [0.25, 0.3) is 0 Å². The molecule has 0 aromatic rings. The zero-order valence-corrected chi connectivity index (χ0v) is 11.8. The summed E-state index contributed by atoms with van der Waals surface area (Å²) in [4.78, 5) is 26.0. The van der Waals surface area contributed by atoms with E-state index in [1.165, 1.54) is 0 Å². The van der Waals surface area contributed by atoms with E-state index in [0.717, 1.165) is 25.2 Å². The van der Waals surface area contributed by atoms with Crippen LogP contribution in [0.5, 0.6) is 0 Å². The second-order valence-electron chi connectivity index (χ2n) is 6.11. The maximum Gasteiger partial charge on any atom is 0.245 e. The lowest BCUT2D eigenvalue weighted by atomic mass is 9.78. The number of carbonyl (C=O) groups excluding carboxylic acids is 2. The van der Waals surface area contributed by atoms with Crippen molar-refractivity contribution in [3.8, 4) is 0 Å². The summed E-state index contributed by atoms with van der Waals surface area (Å²) in [6.07, 6.45) is 3.33. The first kappa shape index (κ1) is 13.4. The monoisotopic (exact) mass is 252 g/mol. The molecule has 1 N–H and O–H groups in total. The number of piperazine rings is 1. The molecule has 2 fully saturated rings. The van der Waals surface area contributed by atoms with Gasteiger partial charge in [0.05, 0.1) is 0 Å². The third-order valence-electron chi connectivity index (χ3n) is 4.52. The van der Waals surface area contributed by atoms with Crippen molar-refractivity contribution < 1.29 is 9.59 Å². The Morgan fingerprint density at radius 1 is 1.11 bits per heavy atom. The van der Waals surface area contributed by atoms with E-state index in [4.69, 9.17) is 0 Å². The highest BCUT2D eigenvalue weighted by Gasteiger charge is 2.42. The van der Waals surface area contributed by atoms with Crippen LogP contribution in [-0.2, 0) is 9.59 Å². The molecule has 1 saturated heterocycles. The summed E-state index contributed by atoms with van der Waals surface area (Å²) >= 11 is 0. The average Bonchev–Trinajstić information content (AvgIpc) is 2.29. The van der Waals surface area contributed by atoms with Crippen LogP contribution in [-0.4, -0.2) is 34.8 Å². The van der Waals surface area contributed by atoms with Gasteiger partial charge in [-0.15, -0.1) is 0 Å². The molecule has 1 aliphatic heterocycles. The number of nitrogens with zero attached hydrogens (tertiary/aromatic N) is 1. The summed E-state index contributed by atoms with van der Waals surface area (Å²) in [6.45, 7) is 8.08. The van der Waals surface area contributed by atoms with Crippen molar-refractivity contribution in [2.24, 2.45) is 11.8 Å². The van der Waals surface area contributed by atoms with Crippen molar-refractivity contribution in [3.63, 3.8) is 0 Å². The quantitative estimate of drug-likeness (QED) is 0.769. The van der Waals surface area contributed by atoms with Crippen molar-refractivity contribution in [1.29, 1.82) is 0 Å². The summed E-state index contributed by atoms with van der Waals surface area (Å²) in [6, 6.07) is -0.466. The van der Waals surface area contributed by atoms with Gasteiger partial charge in [-0.2, -0.15) is 0 Å². The van der Waals surface area contributed by atoms with E-state index < -0.39 is 0 Å². The fourth-order valence-corrected chi connectivity index (χ4v) is 3.45. The van der Waals surface area contributed by atoms with Crippen LogP contribution in [0.1, 0.15) is 47.0 Å². The fraction of sp³-hybridized carbons (Fsp3) is 0.857. The van der Waals surface area contributed by atoms with Gasteiger partial charge in [-0.3, -0.25) is 9.59 Å². The van der Waals surface area contributed by atoms with E-state index in [1.54, 1.807) is 6.92 Å². The third-order valence-corrected chi connectivity index (χ3v) is 4.52. The van der Waals surface area contributed by atoms with Gasteiger partial charge in [0.25, 0.3) is 0 Å². The molecule has 2 rings (SSSR count). The molecule has 5 unspecified atom stereocenters. The molecule has 1 heterocycles. The lowest BCUT2D eigenvalue weighted by Gasteiger charge is -2.46. The average molecular weight is 252 g/mol. The number of hydrogen-bond donors (Lipinski definition) is 1. The van der Waals surface area contributed by atoms with Crippen molar-refractivity contribution >= 4 is 11.8 Å². The Bertz CT molecular complexity index is 356. The highest BCUT2D eigenvalue weighted by Crippen LogP contribution is 2.33. The van der Waals surface area contributed by atoms with E-state index in [1.807, 2.05) is 11.8 Å². The molecule has 0 aromatic heterocycles. The number of rotatable bonds is 1. The highest BCUT2D eigenvalue weighted by molar-refractivity contribution is 5.96.